The van der Waals surface area contributed by atoms with E-state index < -0.39 is 0 Å². The summed E-state index contributed by atoms with van der Waals surface area (Å²) in [4.78, 5) is 20.9. The summed E-state index contributed by atoms with van der Waals surface area (Å²) in [5.74, 6) is -0.376. The standard InChI is InChI=1S/C9H17NO2/c1-8(9(12)7-11)5-3-4-6-10-2/h7-8,10H,3-6H2,1-2H3. The number of carbonyl (C=O) groups excluding carboxylic acids is 2. The fraction of sp³-hybridized carbons (Fsp3) is 0.778. The SMILES string of the molecule is CNCCCCC(C)C(=O)C=O. The molecule has 0 aliphatic rings. The second-order valence-electron chi connectivity index (χ2n) is 3.02. The molecule has 12 heavy (non-hydrogen) atoms. The molecule has 0 radical (unpaired) electrons. The Bertz CT molecular complexity index is 145. The first-order valence-corrected chi connectivity index (χ1v) is 4.36. The Balaban J connectivity index is 3.37. The lowest BCUT2D eigenvalue weighted by molar-refractivity contribution is -0.132. The zero-order valence-corrected chi connectivity index (χ0v) is 7.80. The summed E-state index contributed by atoms with van der Waals surface area (Å²) in [6.45, 7) is 2.78. The van der Waals surface area contributed by atoms with Crippen LogP contribution in [0.4, 0.5) is 0 Å². The average Bonchev–Trinajstić information content (AvgIpc) is 2.10. The molecule has 0 heterocycles. The number of ketones is 1. The van der Waals surface area contributed by atoms with E-state index in [0.29, 0.717) is 6.29 Å². The minimum Gasteiger partial charge on any atom is -0.320 e. The fourth-order valence-corrected chi connectivity index (χ4v) is 1.01. The Labute approximate surface area is 73.5 Å². The summed E-state index contributed by atoms with van der Waals surface area (Å²) in [6, 6.07) is 0. The van der Waals surface area contributed by atoms with Crippen LogP contribution in [0.2, 0.25) is 0 Å². The lowest BCUT2D eigenvalue weighted by Gasteiger charge is -2.05. The van der Waals surface area contributed by atoms with Crippen molar-refractivity contribution in [3.63, 3.8) is 0 Å². The lowest BCUT2D eigenvalue weighted by Crippen LogP contribution is -2.13. The van der Waals surface area contributed by atoms with Crippen molar-refractivity contribution >= 4 is 12.1 Å². The van der Waals surface area contributed by atoms with Crippen molar-refractivity contribution in [2.24, 2.45) is 5.92 Å². The van der Waals surface area contributed by atoms with Crippen molar-refractivity contribution in [1.29, 1.82) is 0 Å². The van der Waals surface area contributed by atoms with E-state index in [-0.39, 0.29) is 11.7 Å². The van der Waals surface area contributed by atoms with Crippen LogP contribution in [0.15, 0.2) is 0 Å². The first-order valence-electron chi connectivity index (χ1n) is 4.36. The Kier molecular flexibility index (Phi) is 6.57. The third-order valence-electron chi connectivity index (χ3n) is 1.92. The molecular formula is C9H17NO2. The quantitative estimate of drug-likeness (QED) is 0.350. The molecule has 1 atom stereocenters. The molecular weight excluding hydrogens is 154 g/mol. The molecule has 0 amide bonds. The highest BCUT2D eigenvalue weighted by Crippen LogP contribution is 2.07. The number of hydrogen-bond donors (Lipinski definition) is 1. The van der Waals surface area contributed by atoms with Gasteiger partial charge in [-0.05, 0) is 26.4 Å². The summed E-state index contributed by atoms with van der Waals surface area (Å²) in [5.41, 5.74) is 0. The molecule has 0 bridgehead atoms. The molecule has 0 aromatic heterocycles. The Morgan fingerprint density at radius 1 is 1.50 bits per heavy atom. The van der Waals surface area contributed by atoms with E-state index in [4.69, 9.17) is 0 Å². The number of hydrogen-bond acceptors (Lipinski definition) is 3. The van der Waals surface area contributed by atoms with Gasteiger partial charge >= 0.3 is 0 Å². The highest BCUT2D eigenvalue weighted by Gasteiger charge is 2.10. The van der Waals surface area contributed by atoms with Crippen LogP contribution in [0.3, 0.4) is 0 Å². The molecule has 70 valence electrons. The van der Waals surface area contributed by atoms with Gasteiger partial charge in [-0.3, -0.25) is 9.59 Å². The zero-order valence-electron chi connectivity index (χ0n) is 7.80. The van der Waals surface area contributed by atoms with Crippen LogP contribution in [0.5, 0.6) is 0 Å². The monoisotopic (exact) mass is 171 g/mol. The van der Waals surface area contributed by atoms with Gasteiger partial charge in [0, 0.05) is 5.92 Å². The molecule has 0 saturated carbocycles. The number of Topliss-reactive ketones (excluding diaryl/α,β-unsaturated/α-hetero) is 1. The van der Waals surface area contributed by atoms with Crippen molar-refractivity contribution in [3.05, 3.63) is 0 Å². The number of unbranched alkanes of at least 4 members (excludes halogenated alkanes) is 1. The fourth-order valence-electron chi connectivity index (χ4n) is 1.01. The van der Waals surface area contributed by atoms with Crippen molar-refractivity contribution in [2.75, 3.05) is 13.6 Å². The summed E-state index contributed by atoms with van der Waals surface area (Å²) in [7, 11) is 1.90. The molecule has 1 unspecified atom stereocenters. The highest BCUT2D eigenvalue weighted by atomic mass is 16.2. The molecule has 0 aromatic rings. The van der Waals surface area contributed by atoms with Crippen molar-refractivity contribution in [2.45, 2.75) is 26.2 Å². The van der Waals surface area contributed by atoms with Gasteiger partial charge in [0.25, 0.3) is 0 Å². The largest absolute Gasteiger partial charge is 0.320 e. The summed E-state index contributed by atoms with van der Waals surface area (Å²) in [5, 5.41) is 3.03. The highest BCUT2D eigenvalue weighted by molar-refractivity contribution is 6.25. The first-order chi connectivity index (χ1) is 5.72. The minimum atomic E-state index is -0.278. The maximum atomic E-state index is 10.8. The topological polar surface area (TPSA) is 46.2 Å². The van der Waals surface area contributed by atoms with Gasteiger partial charge in [-0.15, -0.1) is 0 Å². The minimum absolute atomic E-state index is 0.0978. The number of aldehydes is 1. The molecule has 0 aliphatic heterocycles. The van der Waals surface area contributed by atoms with Crippen LogP contribution in [-0.4, -0.2) is 25.7 Å². The summed E-state index contributed by atoms with van der Waals surface area (Å²) < 4.78 is 0. The molecule has 0 saturated heterocycles. The van der Waals surface area contributed by atoms with Gasteiger partial charge in [0.2, 0.25) is 0 Å². The van der Waals surface area contributed by atoms with Crippen molar-refractivity contribution < 1.29 is 9.59 Å². The van der Waals surface area contributed by atoms with Crippen LogP contribution < -0.4 is 5.32 Å². The van der Waals surface area contributed by atoms with E-state index in [9.17, 15) is 9.59 Å². The first kappa shape index (κ1) is 11.3. The van der Waals surface area contributed by atoms with E-state index in [1.54, 1.807) is 6.92 Å². The van der Waals surface area contributed by atoms with Crippen molar-refractivity contribution in [1.82, 2.24) is 5.32 Å². The maximum Gasteiger partial charge on any atom is 0.197 e. The van der Waals surface area contributed by atoms with Gasteiger partial charge < -0.3 is 5.32 Å². The third-order valence-corrected chi connectivity index (χ3v) is 1.92. The van der Waals surface area contributed by atoms with E-state index in [2.05, 4.69) is 5.32 Å². The molecule has 1 N–H and O–H groups in total. The van der Waals surface area contributed by atoms with Crippen LogP contribution in [0.1, 0.15) is 26.2 Å². The van der Waals surface area contributed by atoms with E-state index in [1.165, 1.54) is 0 Å². The van der Waals surface area contributed by atoms with Crippen LogP contribution in [0.25, 0.3) is 0 Å². The predicted octanol–water partition coefficient (Wildman–Crippen LogP) is 0.780. The lowest BCUT2D eigenvalue weighted by atomic mass is 10.0. The average molecular weight is 171 g/mol. The predicted molar refractivity (Wildman–Crippen MR) is 48.0 cm³/mol. The van der Waals surface area contributed by atoms with Gasteiger partial charge in [0.15, 0.2) is 12.1 Å². The molecule has 3 heteroatoms. The molecule has 0 rings (SSSR count). The van der Waals surface area contributed by atoms with Gasteiger partial charge in [-0.2, -0.15) is 0 Å². The van der Waals surface area contributed by atoms with E-state index in [0.717, 1.165) is 25.8 Å². The Morgan fingerprint density at radius 2 is 2.17 bits per heavy atom. The smallest absolute Gasteiger partial charge is 0.197 e. The molecule has 0 fully saturated rings. The zero-order chi connectivity index (χ0) is 9.40. The maximum absolute atomic E-state index is 10.8. The van der Waals surface area contributed by atoms with Gasteiger partial charge in [0.1, 0.15) is 0 Å². The second kappa shape index (κ2) is 6.98. The summed E-state index contributed by atoms with van der Waals surface area (Å²) >= 11 is 0. The third kappa shape index (κ3) is 5.02. The number of nitrogens with one attached hydrogen (secondary N) is 1. The normalized spacial score (nSPS) is 12.5. The molecule has 0 aromatic carbocycles. The molecule has 0 aliphatic carbocycles. The van der Waals surface area contributed by atoms with Crippen LogP contribution in [-0.2, 0) is 9.59 Å². The molecule has 0 spiro atoms. The van der Waals surface area contributed by atoms with Crippen LogP contribution >= 0.6 is 0 Å². The number of carbonyl (C=O) groups is 2. The van der Waals surface area contributed by atoms with Crippen molar-refractivity contribution in [3.8, 4) is 0 Å². The van der Waals surface area contributed by atoms with Gasteiger partial charge in [-0.1, -0.05) is 13.3 Å². The molecule has 3 nitrogen and oxygen atoms in total. The Hall–Kier alpha value is -0.700. The van der Waals surface area contributed by atoms with E-state index in [1.807, 2.05) is 7.05 Å². The van der Waals surface area contributed by atoms with E-state index >= 15 is 0 Å². The second-order valence-corrected chi connectivity index (χ2v) is 3.02. The Morgan fingerprint density at radius 3 is 2.67 bits per heavy atom. The van der Waals surface area contributed by atoms with Gasteiger partial charge in [0.05, 0.1) is 0 Å². The number of rotatable bonds is 7. The van der Waals surface area contributed by atoms with Crippen LogP contribution in [0, 0.1) is 5.92 Å². The van der Waals surface area contributed by atoms with Gasteiger partial charge in [-0.25, -0.2) is 0 Å². The summed E-state index contributed by atoms with van der Waals surface area (Å²) in [6.07, 6.45) is 3.30.